The van der Waals surface area contributed by atoms with Gasteiger partial charge in [0.05, 0.1) is 23.9 Å². The van der Waals surface area contributed by atoms with Gasteiger partial charge in [0.2, 0.25) is 0 Å². The number of rotatable bonds is 2. The van der Waals surface area contributed by atoms with Crippen molar-refractivity contribution in [2.45, 2.75) is 45.3 Å². The number of halogens is 3. The number of fused-ring (bicyclic) bond motifs is 1. The molecule has 0 saturated carbocycles. The van der Waals surface area contributed by atoms with Gasteiger partial charge in [-0.3, -0.25) is 4.90 Å². The van der Waals surface area contributed by atoms with Crippen molar-refractivity contribution in [3.05, 3.63) is 56.8 Å². The molecule has 150 valence electrons. The Labute approximate surface area is 177 Å². The van der Waals surface area contributed by atoms with E-state index in [1.165, 1.54) is 24.1 Å². The molecule has 0 spiro atoms. The predicted molar refractivity (Wildman–Crippen MR) is 112 cm³/mol. The van der Waals surface area contributed by atoms with Gasteiger partial charge in [-0.25, -0.2) is 9.18 Å². The largest absolute Gasteiger partial charge is 0.495 e. The van der Waals surface area contributed by atoms with Crippen LogP contribution in [0.25, 0.3) is 0 Å². The first kappa shape index (κ1) is 20.9. The number of carbonyl (C=O) groups excluding carboxylic acids is 1. The van der Waals surface area contributed by atoms with Gasteiger partial charge in [-0.15, -0.1) is 0 Å². The zero-order chi connectivity index (χ0) is 20.6. The van der Waals surface area contributed by atoms with Crippen molar-refractivity contribution >= 4 is 39.3 Å². The Morgan fingerprint density at radius 2 is 2.04 bits per heavy atom. The van der Waals surface area contributed by atoms with Crippen molar-refractivity contribution in [3.8, 4) is 5.75 Å². The van der Waals surface area contributed by atoms with E-state index < -0.39 is 17.7 Å². The number of benzene rings is 2. The summed E-state index contributed by atoms with van der Waals surface area (Å²) in [5, 5.41) is 0.530. The van der Waals surface area contributed by atoms with Crippen LogP contribution < -0.4 is 9.64 Å². The molecule has 3 rings (SSSR count). The summed E-state index contributed by atoms with van der Waals surface area (Å²) < 4.78 is 25.8. The molecule has 0 bridgehead atoms. The van der Waals surface area contributed by atoms with E-state index in [9.17, 15) is 9.18 Å². The van der Waals surface area contributed by atoms with Crippen molar-refractivity contribution in [2.75, 3.05) is 12.0 Å². The van der Waals surface area contributed by atoms with E-state index in [1.54, 1.807) is 32.9 Å². The third-order valence-corrected chi connectivity index (χ3v) is 5.80. The maximum absolute atomic E-state index is 13.9. The zero-order valence-electron chi connectivity index (χ0n) is 16.2. The van der Waals surface area contributed by atoms with Crippen LogP contribution in [-0.4, -0.2) is 18.8 Å². The van der Waals surface area contributed by atoms with Crippen LogP contribution >= 0.6 is 27.5 Å². The number of methoxy groups -OCH3 is 1. The predicted octanol–water partition coefficient (Wildman–Crippen LogP) is 6.68. The highest BCUT2D eigenvalue weighted by molar-refractivity contribution is 9.10. The number of carbonyl (C=O) groups is 1. The molecule has 4 nitrogen and oxygen atoms in total. The fourth-order valence-electron chi connectivity index (χ4n) is 3.42. The third-order valence-electron chi connectivity index (χ3n) is 4.52. The Kier molecular flexibility index (Phi) is 5.92. The summed E-state index contributed by atoms with van der Waals surface area (Å²) in [6.45, 7) is 5.41. The van der Waals surface area contributed by atoms with Crippen molar-refractivity contribution in [3.63, 3.8) is 0 Å². The van der Waals surface area contributed by atoms with Gasteiger partial charge in [-0.05, 0) is 78.9 Å². The molecule has 1 aliphatic rings. The molecule has 0 N–H and O–H groups in total. The van der Waals surface area contributed by atoms with Crippen LogP contribution in [0.5, 0.6) is 5.75 Å². The van der Waals surface area contributed by atoms with Gasteiger partial charge in [0.1, 0.15) is 17.2 Å². The summed E-state index contributed by atoms with van der Waals surface area (Å²) >= 11 is 9.97. The molecule has 28 heavy (non-hydrogen) atoms. The van der Waals surface area contributed by atoms with Gasteiger partial charge < -0.3 is 9.47 Å². The first-order chi connectivity index (χ1) is 13.1. The van der Waals surface area contributed by atoms with E-state index in [2.05, 4.69) is 15.9 Å². The molecule has 1 aliphatic heterocycles. The molecule has 7 heteroatoms. The van der Waals surface area contributed by atoms with Crippen LogP contribution in [0.15, 0.2) is 34.8 Å². The Morgan fingerprint density at radius 1 is 1.32 bits per heavy atom. The summed E-state index contributed by atoms with van der Waals surface area (Å²) in [5.41, 5.74) is 1.36. The van der Waals surface area contributed by atoms with Crippen molar-refractivity contribution in [1.82, 2.24) is 0 Å². The van der Waals surface area contributed by atoms with Crippen LogP contribution in [0.3, 0.4) is 0 Å². The standard InChI is InChI=1S/C21H22BrClFNO3/c1-21(2,3)28-20(26)25-16(12-6-5-7-13(24)10-12)9-8-14-18(23)15(22)11-17(27-4)19(14)25/h5-7,10-11,16H,8-9H2,1-4H3. The molecule has 2 aromatic carbocycles. The maximum atomic E-state index is 13.9. The number of nitrogens with zero attached hydrogens (tertiary/aromatic N) is 1. The van der Waals surface area contributed by atoms with Crippen LogP contribution in [-0.2, 0) is 11.2 Å². The summed E-state index contributed by atoms with van der Waals surface area (Å²) in [6.07, 6.45) is 0.666. The van der Waals surface area contributed by atoms with E-state index in [-0.39, 0.29) is 5.82 Å². The molecule has 1 heterocycles. The second-order valence-corrected chi connectivity index (χ2v) is 8.89. The lowest BCUT2D eigenvalue weighted by Crippen LogP contribution is -2.42. The SMILES string of the molecule is COc1cc(Br)c(Cl)c2c1N(C(=O)OC(C)(C)C)C(c1cccc(F)c1)CC2. The average Bonchev–Trinajstić information content (AvgIpc) is 2.62. The molecule has 0 saturated heterocycles. The van der Waals surface area contributed by atoms with Crippen LogP contribution in [0, 0.1) is 5.82 Å². The quantitative estimate of drug-likeness (QED) is 0.491. The number of amides is 1. The minimum atomic E-state index is -0.687. The van der Waals surface area contributed by atoms with E-state index >= 15 is 0 Å². The summed E-state index contributed by atoms with van der Waals surface area (Å²) in [4.78, 5) is 14.7. The lowest BCUT2D eigenvalue weighted by Gasteiger charge is -2.39. The molecular formula is C21H22BrClFNO3. The number of ether oxygens (including phenoxy) is 2. The highest BCUT2D eigenvalue weighted by Crippen LogP contribution is 2.49. The second kappa shape index (κ2) is 7.91. The topological polar surface area (TPSA) is 38.8 Å². The average molecular weight is 471 g/mol. The third kappa shape index (κ3) is 4.13. The van der Waals surface area contributed by atoms with E-state index in [1.807, 2.05) is 6.07 Å². The van der Waals surface area contributed by atoms with Crippen molar-refractivity contribution < 1.29 is 18.7 Å². The van der Waals surface area contributed by atoms with Crippen LogP contribution in [0.4, 0.5) is 14.9 Å². The number of hydrogen-bond acceptors (Lipinski definition) is 3. The zero-order valence-corrected chi connectivity index (χ0v) is 18.5. The summed E-state index contributed by atoms with van der Waals surface area (Å²) in [7, 11) is 1.54. The summed E-state index contributed by atoms with van der Waals surface area (Å²) in [5.74, 6) is 0.145. The molecule has 0 aromatic heterocycles. The first-order valence-electron chi connectivity index (χ1n) is 8.95. The Hall–Kier alpha value is -1.79. The first-order valence-corrected chi connectivity index (χ1v) is 10.1. The van der Waals surface area contributed by atoms with Crippen molar-refractivity contribution in [1.29, 1.82) is 0 Å². The van der Waals surface area contributed by atoms with Gasteiger partial charge in [-0.2, -0.15) is 0 Å². The highest BCUT2D eigenvalue weighted by Gasteiger charge is 2.38. The Balaban J connectivity index is 2.19. The number of hydrogen-bond donors (Lipinski definition) is 0. The summed E-state index contributed by atoms with van der Waals surface area (Å²) in [6, 6.07) is 7.60. The minimum Gasteiger partial charge on any atom is -0.495 e. The molecule has 0 radical (unpaired) electrons. The van der Waals surface area contributed by atoms with E-state index in [4.69, 9.17) is 21.1 Å². The van der Waals surface area contributed by atoms with Gasteiger partial charge in [0.15, 0.2) is 0 Å². The second-order valence-electron chi connectivity index (χ2n) is 7.66. The molecule has 0 aliphatic carbocycles. The molecular weight excluding hydrogens is 449 g/mol. The number of anilines is 1. The fourth-order valence-corrected chi connectivity index (χ4v) is 4.10. The van der Waals surface area contributed by atoms with Gasteiger partial charge in [-0.1, -0.05) is 23.7 Å². The van der Waals surface area contributed by atoms with E-state index in [0.29, 0.717) is 39.3 Å². The van der Waals surface area contributed by atoms with Gasteiger partial charge >= 0.3 is 6.09 Å². The molecule has 1 amide bonds. The van der Waals surface area contributed by atoms with Gasteiger partial charge in [0, 0.05) is 4.47 Å². The Morgan fingerprint density at radius 3 is 2.64 bits per heavy atom. The van der Waals surface area contributed by atoms with Crippen LogP contribution in [0.2, 0.25) is 5.02 Å². The molecule has 1 atom stereocenters. The lowest BCUT2D eigenvalue weighted by atomic mass is 9.91. The van der Waals surface area contributed by atoms with Gasteiger partial charge in [0.25, 0.3) is 0 Å². The smallest absolute Gasteiger partial charge is 0.415 e. The molecule has 2 aromatic rings. The normalized spacial score (nSPS) is 16.5. The minimum absolute atomic E-state index is 0.353. The van der Waals surface area contributed by atoms with Crippen LogP contribution in [0.1, 0.15) is 44.4 Å². The van der Waals surface area contributed by atoms with E-state index in [0.717, 1.165) is 5.56 Å². The fraction of sp³-hybridized carbons (Fsp3) is 0.381. The lowest BCUT2D eigenvalue weighted by molar-refractivity contribution is 0.0558. The molecule has 0 fully saturated rings. The molecule has 1 unspecified atom stereocenters. The highest BCUT2D eigenvalue weighted by atomic mass is 79.9. The monoisotopic (exact) mass is 469 g/mol. The van der Waals surface area contributed by atoms with Crippen molar-refractivity contribution in [2.24, 2.45) is 0 Å². The Bertz CT molecular complexity index is 913. The maximum Gasteiger partial charge on any atom is 0.415 e.